The Labute approximate surface area is 71.8 Å². The normalized spacial score (nSPS) is 7.62. The van der Waals surface area contributed by atoms with Gasteiger partial charge in [0.15, 0.2) is 0 Å². The monoisotopic (exact) mass is 124 g/mol. The van der Waals surface area contributed by atoms with E-state index >= 15 is 0 Å². The second-order valence-corrected chi connectivity index (χ2v) is 1.07. The zero-order valence-electron chi connectivity index (χ0n) is 5.22. The second kappa shape index (κ2) is 10.6. The Bertz CT molecular complexity index is 47.7. The van der Waals surface area contributed by atoms with Gasteiger partial charge in [-0.15, -0.1) is 13.2 Å². The van der Waals surface area contributed by atoms with E-state index in [2.05, 4.69) is 6.58 Å². The van der Waals surface area contributed by atoms with Crippen LogP contribution in [0.2, 0.25) is 0 Å². The van der Waals surface area contributed by atoms with Gasteiger partial charge >= 0.3 is 29.6 Å². The minimum absolute atomic E-state index is 0. The molecule has 0 aromatic rings. The molecule has 0 atom stereocenters. The van der Waals surface area contributed by atoms with Gasteiger partial charge in [-0.3, -0.25) is 0 Å². The second-order valence-electron chi connectivity index (χ2n) is 1.07. The van der Waals surface area contributed by atoms with Crippen molar-refractivity contribution in [1.82, 2.24) is 0 Å². The number of hydrogen-bond acceptors (Lipinski definition) is 2. The van der Waals surface area contributed by atoms with Gasteiger partial charge in [-0.05, 0) is 0 Å². The van der Waals surface area contributed by atoms with Crippen LogP contribution in [0.25, 0.3) is 0 Å². The van der Waals surface area contributed by atoms with Gasteiger partial charge in [-0.2, -0.15) is 0 Å². The van der Waals surface area contributed by atoms with Crippen molar-refractivity contribution in [3.63, 3.8) is 0 Å². The molecule has 0 aromatic heterocycles. The van der Waals surface area contributed by atoms with Crippen LogP contribution in [0, 0.1) is 0 Å². The molecular formula is C5H9NaO2. The molecule has 0 unspecified atom stereocenters. The standard InChI is InChI=1S/C5H9O2.Na/c1-2-4-7-5-3-6;/h2H,1,3-5H2;/q-1;+1. The molecule has 0 spiro atoms. The molecule has 0 aliphatic heterocycles. The van der Waals surface area contributed by atoms with E-state index in [1.54, 1.807) is 6.08 Å². The Balaban J connectivity index is 0. The van der Waals surface area contributed by atoms with Crippen LogP contribution in [0.3, 0.4) is 0 Å². The Morgan fingerprint density at radius 2 is 2.25 bits per heavy atom. The minimum atomic E-state index is -0.159. The third kappa shape index (κ3) is 9.83. The van der Waals surface area contributed by atoms with Crippen LogP contribution >= 0.6 is 0 Å². The van der Waals surface area contributed by atoms with Gasteiger partial charge in [0.2, 0.25) is 0 Å². The summed E-state index contributed by atoms with van der Waals surface area (Å²) in [6, 6.07) is 0. The zero-order chi connectivity index (χ0) is 5.54. The topological polar surface area (TPSA) is 32.3 Å². The van der Waals surface area contributed by atoms with Crippen LogP contribution in [0.4, 0.5) is 0 Å². The van der Waals surface area contributed by atoms with E-state index in [0.29, 0.717) is 13.2 Å². The van der Waals surface area contributed by atoms with Gasteiger partial charge in [-0.25, -0.2) is 0 Å². The number of rotatable bonds is 4. The van der Waals surface area contributed by atoms with E-state index in [1.807, 2.05) is 0 Å². The summed E-state index contributed by atoms with van der Waals surface area (Å²) >= 11 is 0. The molecule has 0 rings (SSSR count). The van der Waals surface area contributed by atoms with Crippen molar-refractivity contribution in [1.29, 1.82) is 0 Å². The molecule has 0 aromatic carbocycles. The van der Waals surface area contributed by atoms with Crippen molar-refractivity contribution < 1.29 is 39.4 Å². The van der Waals surface area contributed by atoms with Gasteiger partial charge in [0.1, 0.15) is 0 Å². The molecule has 0 N–H and O–H groups in total. The van der Waals surface area contributed by atoms with Crippen LogP contribution in [-0.2, 0) is 4.74 Å². The van der Waals surface area contributed by atoms with Crippen LogP contribution in [-0.4, -0.2) is 19.8 Å². The first kappa shape index (κ1) is 11.5. The van der Waals surface area contributed by atoms with Crippen LogP contribution in [0.1, 0.15) is 0 Å². The first-order valence-electron chi connectivity index (χ1n) is 2.18. The molecular weight excluding hydrogens is 115 g/mol. The quantitative estimate of drug-likeness (QED) is 0.222. The fraction of sp³-hybridized carbons (Fsp3) is 0.600. The summed E-state index contributed by atoms with van der Waals surface area (Å²) in [5.41, 5.74) is 0. The summed E-state index contributed by atoms with van der Waals surface area (Å²) in [5.74, 6) is 0. The van der Waals surface area contributed by atoms with Crippen molar-refractivity contribution >= 4 is 0 Å². The van der Waals surface area contributed by atoms with E-state index in [4.69, 9.17) is 4.74 Å². The van der Waals surface area contributed by atoms with Crippen molar-refractivity contribution in [3.05, 3.63) is 12.7 Å². The molecule has 2 nitrogen and oxygen atoms in total. The number of ether oxygens (including phenoxy) is 1. The van der Waals surface area contributed by atoms with Gasteiger partial charge in [0.05, 0.1) is 6.61 Å². The predicted octanol–water partition coefficient (Wildman–Crippen LogP) is -3.45. The molecule has 42 valence electrons. The third-order valence-electron chi connectivity index (χ3n) is 0.463. The molecule has 0 heterocycles. The van der Waals surface area contributed by atoms with Crippen LogP contribution in [0.5, 0.6) is 0 Å². The summed E-state index contributed by atoms with van der Waals surface area (Å²) < 4.78 is 4.70. The summed E-state index contributed by atoms with van der Waals surface area (Å²) in [6.45, 7) is 4.03. The molecule has 0 saturated heterocycles. The SMILES string of the molecule is C=CCOCC[O-].[Na+]. The Hall–Kier alpha value is 0.660. The van der Waals surface area contributed by atoms with Gasteiger partial charge in [0, 0.05) is 6.61 Å². The summed E-state index contributed by atoms with van der Waals surface area (Å²) in [6.07, 6.45) is 1.62. The summed E-state index contributed by atoms with van der Waals surface area (Å²) in [7, 11) is 0. The van der Waals surface area contributed by atoms with Gasteiger partial charge < -0.3 is 9.84 Å². The largest absolute Gasteiger partial charge is 1.00 e. The Morgan fingerprint density at radius 3 is 2.62 bits per heavy atom. The fourth-order valence-corrected chi connectivity index (χ4v) is 0.226. The van der Waals surface area contributed by atoms with Gasteiger partial charge in [0.25, 0.3) is 0 Å². The summed E-state index contributed by atoms with van der Waals surface area (Å²) in [5, 5.41) is 9.65. The van der Waals surface area contributed by atoms with Crippen molar-refractivity contribution in [2.75, 3.05) is 19.8 Å². The van der Waals surface area contributed by atoms with E-state index in [-0.39, 0.29) is 36.2 Å². The molecule has 0 aliphatic rings. The van der Waals surface area contributed by atoms with Crippen LogP contribution in [0.15, 0.2) is 12.7 Å². The summed E-state index contributed by atoms with van der Waals surface area (Å²) in [4.78, 5) is 0. The smallest absolute Gasteiger partial charge is 0.853 e. The van der Waals surface area contributed by atoms with Crippen LogP contribution < -0.4 is 34.7 Å². The molecule has 0 aliphatic carbocycles. The zero-order valence-corrected chi connectivity index (χ0v) is 7.22. The third-order valence-corrected chi connectivity index (χ3v) is 0.463. The molecule has 8 heavy (non-hydrogen) atoms. The average molecular weight is 124 g/mol. The van der Waals surface area contributed by atoms with Gasteiger partial charge in [-0.1, -0.05) is 6.08 Å². The molecule has 0 saturated carbocycles. The average Bonchev–Trinajstić information content (AvgIpc) is 1.69. The molecule has 0 fully saturated rings. The molecule has 0 bridgehead atoms. The Morgan fingerprint density at radius 1 is 1.62 bits per heavy atom. The maximum atomic E-state index is 9.65. The van der Waals surface area contributed by atoms with E-state index in [0.717, 1.165) is 0 Å². The Kier molecular flexibility index (Phi) is 15.2. The first-order chi connectivity index (χ1) is 3.41. The molecule has 3 heteroatoms. The minimum Gasteiger partial charge on any atom is -0.853 e. The molecule has 0 radical (unpaired) electrons. The predicted molar refractivity (Wildman–Crippen MR) is 25.9 cm³/mol. The molecule has 0 amide bonds. The van der Waals surface area contributed by atoms with Crippen molar-refractivity contribution in [3.8, 4) is 0 Å². The van der Waals surface area contributed by atoms with Crippen molar-refractivity contribution in [2.45, 2.75) is 0 Å². The first-order valence-corrected chi connectivity index (χ1v) is 2.18. The van der Waals surface area contributed by atoms with E-state index < -0.39 is 0 Å². The van der Waals surface area contributed by atoms with E-state index in [9.17, 15) is 5.11 Å². The van der Waals surface area contributed by atoms with Crippen molar-refractivity contribution in [2.24, 2.45) is 0 Å². The fourth-order valence-electron chi connectivity index (χ4n) is 0.226. The van der Waals surface area contributed by atoms with E-state index in [1.165, 1.54) is 0 Å². The maximum absolute atomic E-state index is 9.65. The maximum Gasteiger partial charge on any atom is 1.00 e. The number of hydrogen-bond donors (Lipinski definition) is 0.